The molecule has 12 atom stereocenters. The van der Waals surface area contributed by atoms with Gasteiger partial charge in [-0.2, -0.15) is 25.3 Å². The van der Waals surface area contributed by atoms with Crippen LogP contribution in [0.4, 0.5) is 0 Å². The standard InChI is InChI=1S/C80H111N19O20S2/c1-40(100)63(97-72(113)58(38-62(84)106)95-75(116)64(79(6,7)120)88-42(3)102)74(115)93-56(36-47-39-87-50-20-14-13-19-49(47)50)70(111)90-53(29-31-60(82)104)68(109)98-65(80(8,9)121)76(117)94-54(34-43-23-26-48(119-10)27-24-43)69(110)91-55(35-44-22-25-45-17-11-12-18-46(45)33-44)73(114)99-78(4,5)77(118)96-52(21-15-16-32-86-41(2)101)67(108)92-57(37-61(83)105)71(112)89-51(66(85)107)28-30-59(81)103/h11-14,17-20,22-27,33,39-40,51-58,63-65,87,100,120-121H,15-16,21,28-32,34-38H2,1-10H3,(H2,81,103)(H2,82,104)(H2,83,105)(H2,84,106)(H2,85,107)(H,86,101)(H,88,102)(H,89,112)(H,90,111)(H,91,110)(H,92,108)(H,93,115)(H,94,117)(H,95,116)(H,96,118)(H,97,113)(H,98,109)(H,99,114)/t40-,51+,52+,53+,54+,55+,56+,57+,58+,63+,64-,65-/m1/s1. The van der Waals surface area contributed by atoms with E-state index in [9.17, 15) is 67.4 Å². The first-order valence-corrected chi connectivity index (χ1v) is 39.6. The number of ether oxygens (including phenoxy) is 1. The Balaban J connectivity index is 1.52. The van der Waals surface area contributed by atoms with Crippen LogP contribution in [0.3, 0.4) is 0 Å². The van der Waals surface area contributed by atoms with E-state index in [0.717, 1.165) is 24.6 Å². The van der Waals surface area contributed by atoms with Crippen molar-refractivity contribution < 1.29 is 96.1 Å². The molecule has 0 radical (unpaired) electrons. The smallest absolute Gasteiger partial charge is 0.245 e. The second-order valence-corrected chi connectivity index (χ2v) is 33.2. The predicted octanol–water partition coefficient (Wildman–Crippen LogP) is -3.52. The molecule has 0 saturated heterocycles. The summed E-state index contributed by atoms with van der Waals surface area (Å²) in [6, 6.07) is 6.79. The number of rotatable bonds is 49. The fourth-order valence-corrected chi connectivity index (χ4v) is 12.9. The zero-order valence-electron chi connectivity index (χ0n) is 68.8. The molecule has 658 valence electrons. The van der Waals surface area contributed by atoms with Crippen LogP contribution in [0, 0.1) is 0 Å². The maximum Gasteiger partial charge on any atom is 0.245 e. The van der Waals surface area contributed by atoms with Gasteiger partial charge in [0.05, 0.1) is 26.1 Å². The number of carbonyl (C=O) groups excluding carboxylic acids is 18. The molecule has 5 aromatic rings. The third kappa shape index (κ3) is 32.3. The monoisotopic (exact) mass is 1720 g/mol. The number of aromatic amines is 1. The van der Waals surface area contributed by atoms with Crippen LogP contribution in [0.25, 0.3) is 21.7 Å². The van der Waals surface area contributed by atoms with Crippen LogP contribution in [0.5, 0.6) is 5.75 Å². The summed E-state index contributed by atoms with van der Waals surface area (Å²) in [5, 5.41) is 45.8. The van der Waals surface area contributed by atoms with Gasteiger partial charge in [-0.25, -0.2) is 0 Å². The average molecular weight is 1720 g/mol. The number of fused-ring (bicyclic) bond motifs is 2. The molecule has 0 unspecified atom stereocenters. The van der Waals surface area contributed by atoms with Crippen molar-refractivity contribution >= 4 is 153 Å². The Morgan fingerprint density at radius 2 is 0.893 bits per heavy atom. The highest BCUT2D eigenvalue weighted by Crippen LogP contribution is 2.25. The Kier molecular flexibility index (Phi) is 37.4. The van der Waals surface area contributed by atoms with E-state index in [-0.39, 0.29) is 57.4 Å². The molecular formula is C80H111N19O20S2. The molecule has 121 heavy (non-hydrogen) atoms. The van der Waals surface area contributed by atoms with Gasteiger partial charge < -0.3 is 113 Å². The highest BCUT2D eigenvalue weighted by atomic mass is 32.1. The number of carbonyl (C=O) groups is 18. The summed E-state index contributed by atoms with van der Waals surface area (Å²) in [5.41, 5.74) is 27.2. The molecule has 0 bridgehead atoms. The number of hydrogen-bond acceptors (Lipinski definition) is 22. The van der Waals surface area contributed by atoms with Crippen LogP contribution in [0.15, 0.2) is 97.2 Å². The maximum absolute atomic E-state index is 15.4. The number of para-hydroxylation sites is 1. The lowest BCUT2D eigenvalue weighted by atomic mass is 9.97. The molecule has 39 nitrogen and oxygen atoms in total. The largest absolute Gasteiger partial charge is 0.497 e. The van der Waals surface area contributed by atoms with Crippen molar-refractivity contribution in [1.82, 2.24) is 74.1 Å². The van der Waals surface area contributed by atoms with Crippen LogP contribution in [0.1, 0.15) is 137 Å². The first-order valence-electron chi connectivity index (χ1n) is 38.7. The number of H-pyrrole nitrogens is 1. The normalized spacial score (nSPS) is 14.5. The minimum Gasteiger partial charge on any atom is -0.497 e. The Labute approximate surface area is 709 Å². The number of hydrogen-bond donors (Lipinski definition) is 22. The van der Waals surface area contributed by atoms with Gasteiger partial charge in [0, 0.05) is 79.1 Å². The number of thiol groups is 2. The van der Waals surface area contributed by atoms with Gasteiger partial charge in [0.1, 0.15) is 77.7 Å². The van der Waals surface area contributed by atoms with E-state index in [2.05, 4.69) is 86.7 Å². The van der Waals surface area contributed by atoms with Crippen molar-refractivity contribution in [3.63, 3.8) is 0 Å². The highest BCUT2D eigenvalue weighted by molar-refractivity contribution is 7.82. The molecule has 25 N–H and O–H groups in total. The summed E-state index contributed by atoms with van der Waals surface area (Å²) in [4.78, 5) is 249. The minimum absolute atomic E-state index is 0.132. The van der Waals surface area contributed by atoms with Crippen molar-refractivity contribution in [2.24, 2.45) is 28.7 Å². The van der Waals surface area contributed by atoms with Crippen molar-refractivity contribution in [3.8, 4) is 5.75 Å². The van der Waals surface area contributed by atoms with Gasteiger partial charge in [-0.05, 0) is 126 Å². The number of benzene rings is 4. The van der Waals surface area contributed by atoms with Crippen molar-refractivity contribution in [1.29, 1.82) is 0 Å². The fraction of sp³-hybridized carbons (Fsp3) is 0.475. The maximum atomic E-state index is 15.4. The fourth-order valence-electron chi connectivity index (χ4n) is 12.6. The zero-order chi connectivity index (χ0) is 90.6. The second-order valence-electron chi connectivity index (χ2n) is 30.9. The molecular weight excluding hydrogens is 1610 g/mol. The molecule has 1 heterocycles. The molecule has 18 amide bonds. The van der Waals surface area contributed by atoms with Gasteiger partial charge in [-0.1, -0.05) is 72.8 Å². The summed E-state index contributed by atoms with van der Waals surface area (Å²) < 4.78 is 2.52. The molecule has 0 fully saturated rings. The SMILES string of the molecule is COc1ccc(C[C@H](NC(=O)[C@@H](NC(=O)[C@H](CCC(N)=O)NC(=O)[C@H](Cc2c[nH]c3ccccc23)NC(=O)[C@@H](NC(=O)[C@H](CC(N)=O)NC(=O)[C@@H](NC(C)=O)C(C)(C)S)[C@@H](C)O)C(C)(C)S)C(=O)N[C@@H](Cc2ccc3ccccc3c2)C(=O)NC(C)(C)C(=O)N[C@@H](CCCCNC(C)=O)C(=O)N[C@@H](CC(N)=O)C(=O)N[C@@H](CCC(N)=O)C(N)=O)cc1. The number of aliphatic hydroxyl groups is 1. The lowest BCUT2D eigenvalue weighted by Crippen LogP contribution is -2.64. The number of methoxy groups -OCH3 is 1. The number of amides is 18. The Morgan fingerprint density at radius 1 is 0.446 bits per heavy atom. The predicted molar refractivity (Wildman–Crippen MR) is 450 cm³/mol. The van der Waals surface area contributed by atoms with Gasteiger partial charge in [0.15, 0.2) is 0 Å². The van der Waals surface area contributed by atoms with Crippen LogP contribution in [-0.2, 0) is 106 Å². The quantitative estimate of drug-likeness (QED) is 0.0133. The van der Waals surface area contributed by atoms with E-state index in [0.29, 0.717) is 33.3 Å². The molecule has 5 rings (SSSR count). The van der Waals surface area contributed by atoms with E-state index in [1.807, 2.05) is 6.07 Å². The van der Waals surface area contributed by atoms with Gasteiger partial charge in [0.25, 0.3) is 0 Å². The van der Waals surface area contributed by atoms with Gasteiger partial charge in [0.2, 0.25) is 106 Å². The van der Waals surface area contributed by atoms with E-state index in [1.54, 1.807) is 84.9 Å². The summed E-state index contributed by atoms with van der Waals surface area (Å²) in [7, 11) is 1.41. The summed E-state index contributed by atoms with van der Waals surface area (Å²) in [6.45, 7) is 12.0. The number of primary amides is 5. The van der Waals surface area contributed by atoms with E-state index < -0.39 is 220 Å². The molecule has 0 spiro atoms. The number of nitrogens with one attached hydrogen (secondary N) is 14. The number of nitrogens with two attached hydrogens (primary N) is 5. The second kappa shape index (κ2) is 45.7. The van der Waals surface area contributed by atoms with Crippen LogP contribution in [-0.4, -0.2) is 218 Å². The van der Waals surface area contributed by atoms with Gasteiger partial charge >= 0.3 is 0 Å². The highest BCUT2D eigenvalue weighted by Gasteiger charge is 2.43. The third-order valence-electron chi connectivity index (χ3n) is 19.1. The van der Waals surface area contributed by atoms with E-state index >= 15 is 24.0 Å². The number of aliphatic hydroxyl groups excluding tert-OH is 1. The molecule has 0 saturated carbocycles. The minimum atomic E-state index is -2.02. The van der Waals surface area contributed by atoms with Crippen LogP contribution >= 0.6 is 25.3 Å². The Bertz CT molecular complexity index is 4620. The van der Waals surface area contributed by atoms with Crippen LogP contribution < -0.4 is 103 Å². The zero-order valence-corrected chi connectivity index (χ0v) is 70.6. The molecule has 0 aliphatic carbocycles. The van der Waals surface area contributed by atoms with Gasteiger partial charge in [-0.3, -0.25) is 86.3 Å². The third-order valence-corrected chi connectivity index (χ3v) is 19.6. The Morgan fingerprint density at radius 3 is 1.44 bits per heavy atom. The number of unbranched alkanes of at least 4 members (excludes halogenated alkanes) is 1. The molecule has 4 aromatic carbocycles. The summed E-state index contributed by atoms with van der Waals surface area (Å²) in [6.07, 6.45) is -4.67. The summed E-state index contributed by atoms with van der Waals surface area (Å²) in [5.74, 6) is -17.8. The summed E-state index contributed by atoms with van der Waals surface area (Å²) >= 11 is 9.12. The van der Waals surface area contributed by atoms with Crippen molar-refractivity contribution in [2.45, 2.75) is 227 Å². The average Bonchev–Trinajstić information content (AvgIpc) is 1.77. The molecule has 0 aliphatic heterocycles. The molecule has 0 aliphatic rings. The Hall–Kier alpha value is -12.4. The molecule has 1 aromatic heterocycles. The van der Waals surface area contributed by atoms with Crippen LogP contribution in [0.2, 0.25) is 0 Å². The number of aromatic nitrogens is 1. The van der Waals surface area contributed by atoms with E-state index in [4.69, 9.17) is 46.0 Å². The van der Waals surface area contributed by atoms with E-state index in [1.165, 1.54) is 61.8 Å². The van der Waals surface area contributed by atoms with Crippen molar-refractivity contribution in [2.75, 3.05) is 13.7 Å². The first-order chi connectivity index (χ1) is 56.6. The lowest BCUT2D eigenvalue weighted by molar-refractivity contribution is -0.138. The molecule has 41 heteroatoms. The first kappa shape index (κ1) is 99.2. The van der Waals surface area contributed by atoms with Crippen molar-refractivity contribution in [3.05, 3.63) is 114 Å². The van der Waals surface area contributed by atoms with Gasteiger partial charge in [-0.15, -0.1) is 0 Å². The topological polar surface area (TPSA) is 639 Å². The lowest BCUT2D eigenvalue weighted by Gasteiger charge is -2.33.